The smallest absolute Gasteiger partial charge is 0.0108 e. The maximum atomic E-state index is 4.64. The molecule has 0 aromatic carbocycles. The van der Waals surface area contributed by atoms with Crippen LogP contribution in [-0.4, -0.2) is 6.38 Å². The molecule has 0 aromatic heterocycles. The second-order valence-corrected chi connectivity index (χ2v) is 1.58. The number of rotatable bonds is 0. The van der Waals surface area contributed by atoms with Crippen LogP contribution >= 0.6 is 11.6 Å². The molecule has 0 heterocycles. The Balaban J connectivity index is 0.000000147. The second kappa shape index (κ2) is 2.19. The summed E-state index contributed by atoms with van der Waals surface area (Å²) in [6.45, 7) is 0. The second-order valence-electron chi connectivity index (χ2n) is 1.58. The molecule has 2 rings (SSSR count). The van der Waals surface area contributed by atoms with Gasteiger partial charge in [0, 0.05) is 6.38 Å². The van der Waals surface area contributed by atoms with Gasteiger partial charge in [0.05, 0.1) is 0 Å². The molecule has 42 valence electrons. The Hall–Kier alpha value is -0.490. The summed E-state index contributed by atoms with van der Waals surface area (Å²) >= 11 is 4.64. The first kappa shape index (κ1) is 5.64. The maximum absolute atomic E-state index is 4.64. The minimum atomic E-state index is 1.43. The molecule has 0 nitrogen and oxygen atoms in total. The predicted octanol–water partition coefficient (Wildman–Crippen LogP) is 2.52. The Kier molecular flexibility index (Phi) is 1.54. The van der Waals surface area contributed by atoms with Crippen LogP contribution in [0.4, 0.5) is 0 Å². The Bertz CT molecular complexity index is 164. The molecule has 0 aliphatic heterocycles. The van der Waals surface area contributed by atoms with Gasteiger partial charge in [0.1, 0.15) is 0 Å². The molecule has 0 saturated carbocycles. The lowest BCUT2D eigenvalue weighted by atomic mass is 10.6. The highest BCUT2D eigenvalue weighted by Gasteiger charge is 2.06. The van der Waals surface area contributed by atoms with Crippen molar-refractivity contribution in [1.29, 1.82) is 0 Å². The molecular formula is C7H7Cl. The topological polar surface area (TPSA) is 0 Å². The third kappa shape index (κ3) is 0.846. The molecule has 0 aromatic rings. The van der Waals surface area contributed by atoms with Gasteiger partial charge in [0.15, 0.2) is 0 Å². The summed E-state index contributed by atoms with van der Waals surface area (Å²) in [6, 6.07) is 8.48. The maximum Gasteiger partial charge on any atom is 0.0108 e. The number of fused-ring (bicyclic) bond motifs is 1. The van der Waals surface area contributed by atoms with Gasteiger partial charge in [-0.25, -0.2) is 0 Å². The molecule has 8 heavy (non-hydrogen) atoms. The van der Waals surface area contributed by atoms with E-state index in [1.165, 1.54) is 17.5 Å². The van der Waals surface area contributed by atoms with E-state index in [0.717, 1.165) is 0 Å². The van der Waals surface area contributed by atoms with Crippen molar-refractivity contribution in [2.24, 2.45) is 0 Å². The van der Waals surface area contributed by atoms with Crippen molar-refractivity contribution < 1.29 is 0 Å². The molecule has 2 aliphatic carbocycles. The highest BCUT2D eigenvalue weighted by molar-refractivity contribution is 6.15. The van der Waals surface area contributed by atoms with Crippen LogP contribution in [0.5, 0.6) is 0 Å². The highest BCUT2D eigenvalue weighted by Crippen LogP contribution is 2.32. The fourth-order valence-corrected chi connectivity index (χ4v) is 0.676. The van der Waals surface area contributed by atoms with Crippen LogP contribution in [0.2, 0.25) is 0 Å². The lowest BCUT2D eigenvalue weighted by Crippen LogP contribution is -1.23. The van der Waals surface area contributed by atoms with Crippen molar-refractivity contribution in [3.05, 3.63) is 24.3 Å². The molecule has 0 fully saturated rings. The summed E-state index contributed by atoms with van der Waals surface area (Å²) in [5.41, 5.74) is 2.85. The first-order valence-electron chi connectivity index (χ1n) is 2.45. The van der Waals surface area contributed by atoms with E-state index >= 15 is 0 Å². The molecule has 2 aliphatic rings. The molecular weight excluding hydrogens is 120 g/mol. The minimum absolute atomic E-state index is 1.43. The molecule has 0 radical (unpaired) electrons. The van der Waals surface area contributed by atoms with Crippen molar-refractivity contribution in [2.75, 3.05) is 6.38 Å². The van der Waals surface area contributed by atoms with Crippen LogP contribution in [-0.2, 0) is 0 Å². The lowest BCUT2D eigenvalue weighted by molar-refractivity contribution is 2.01. The van der Waals surface area contributed by atoms with Crippen molar-refractivity contribution in [2.45, 2.75) is 0 Å². The summed E-state index contributed by atoms with van der Waals surface area (Å²) in [4.78, 5) is 0. The molecule has 0 bridgehead atoms. The molecule has 0 spiro atoms. The third-order valence-electron chi connectivity index (χ3n) is 1.11. The Labute approximate surface area is 54.1 Å². The number of hydrogen-bond acceptors (Lipinski definition) is 0. The zero-order chi connectivity index (χ0) is 5.98. The molecule has 1 heteroatoms. The fourth-order valence-electron chi connectivity index (χ4n) is 0.676. The average Bonchev–Trinajstić information content (AvgIpc) is 2.46. The van der Waals surface area contributed by atoms with Crippen LogP contribution in [0.3, 0.4) is 0 Å². The lowest BCUT2D eigenvalue weighted by Gasteiger charge is -1.48. The van der Waals surface area contributed by atoms with Crippen molar-refractivity contribution in [3.8, 4) is 11.1 Å². The Morgan fingerprint density at radius 3 is 1.75 bits per heavy atom. The third-order valence-corrected chi connectivity index (χ3v) is 1.11. The molecule has 0 unspecified atom stereocenters. The summed E-state index contributed by atoms with van der Waals surface area (Å²) < 4.78 is 0. The quantitative estimate of drug-likeness (QED) is 0.476. The number of halogens is 1. The van der Waals surface area contributed by atoms with Gasteiger partial charge in [0.25, 0.3) is 0 Å². The van der Waals surface area contributed by atoms with Crippen LogP contribution in [0.25, 0.3) is 11.1 Å². The SMILES string of the molecule is CCl.c1cc2cc-2c1. The number of alkyl halides is 1. The van der Waals surface area contributed by atoms with E-state index in [2.05, 4.69) is 35.9 Å². The molecule has 0 amide bonds. The molecule has 0 atom stereocenters. The summed E-state index contributed by atoms with van der Waals surface area (Å²) in [5, 5.41) is 0. The van der Waals surface area contributed by atoms with Gasteiger partial charge < -0.3 is 0 Å². The normalized spacial score (nSPS) is 9.25. The van der Waals surface area contributed by atoms with Crippen molar-refractivity contribution >= 4 is 11.6 Å². The van der Waals surface area contributed by atoms with Crippen LogP contribution < -0.4 is 0 Å². The Morgan fingerprint density at radius 2 is 1.62 bits per heavy atom. The highest BCUT2D eigenvalue weighted by atomic mass is 35.5. The fraction of sp³-hybridized carbons (Fsp3) is 0.143. The largest absolute Gasteiger partial charge is 0.130 e. The number of benzene rings is 1. The van der Waals surface area contributed by atoms with E-state index in [9.17, 15) is 0 Å². The van der Waals surface area contributed by atoms with Crippen LogP contribution in [0, 0.1) is 0 Å². The van der Waals surface area contributed by atoms with E-state index in [1.807, 2.05) is 0 Å². The zero-order valence-electron chi connectivity index (χ0n) is 4.69. The first-order valence-corrected chi connectivity index (χ1v) is 3.21. The van der Waals surface area contributed by atoms with Crippen molar-refractivity contribution in [3.63, 3.8) is 0 Å². The summed E-state index contributed by atoms with van der Waals surface area (Å²) in [6.07, 6.45) is 1.47. The van der Waals surface area contributed by atoms with Crippen LogP contribution in [0.1, 0.15) is 0 Å². The van der Waals surface area contributed by atoms with Gasteiger partial charge >= 0.3 is 0 Å². The molecule has 0 N–H and O–H groups in total. The monoisotopic (exact) mass is 126 g/mol. The first-order chi connectivity index (χ1) is 3.97. The zero-order valence-corrected chi connectivity index (χ0v) is 5.44. The minimum Gasteiger partial charge on any atom is -0.130 e. The van der Waals surface area contributed by atoms with E-state index in [-0.39, 0.29) is 0 Å². The molecule has 0 saturated heterocycles. The Morgan fingerprint density at radius 1 is 1.12 bits per heavy atom. The average molecular weight is 127 g/mol. The number of hydrogen-bond donors (Lipinski definition) is 0. The van der Waals surface area contributed by atoms with Gasteiger partial charge in [-0.15, -0.1) is 11.6 Å². The van der Waals surface area contributed by atoms with Gasteiger partial charge in [0.2, 0.25) is 0 Å². The summed E-state index contributed by atoms with van der Waals surface area (Å²) in [5.74, 6) is 0. The predicted molar refractivity (Wildman–Crippen MR) is 37.2 cm³/mol. The van der Waals surface area contributed by atoms with Gasteiger partial charge in [-0.1, -0.05) is 18.2 Å². The van der Waals surface area contributed by atoms with E-state index in [1.54, 1.807) is 0 Å². The van der Waals surface area contributed by atoms with Gasteiger partial charge in [-0.3, -0.25) is 0 Å². The van der Waals surface area contributed by atoms with Gasteiger partial charge in [-0.05, 0) is 17.2 Å². The van der Waals surface area contributed by atoms with E-state index in [4.69, 9.17) is 0 Å². The van der Waals surface area contributed by atoms with E-state index in [0.29, 0.717) is 0 Å². The van der Waals surface area contributed by atoms with Crippen molar-refractivity contribution in [1.82, 2.24) is 0 Å². The van der Waals surface area contributed by atoms with Crippen LogP contribution in [0.15, 0.2) is 24.3 Å². The standard InChI is InChI=1S/C6H4.CH3Cl/c1-2-5-4-6(5)3-1;1-2/h1-4H;1H3. The van der Waals surface area contributed by atoms with E-state index < -0.39 is 0 Å². The summed E-state index contributed by atoms with van der Waals surface area (Å²) in [7, 11) is 0. The van der Waals surface area contributed by atoms with Gasteiger partial charge in [-0.2, -0.15) is 0 Å².